The molecule has 0 bridgehead atoms. The van der Waals surface area contributed by atoms with Gasteiger partial charge < -0.3 is 10.2 Å². The quantitative estimate of drug-likeness (QED) is 0.175. The van der Waals surface area contributed by atoms with Gasteiger partial charge in [0.15, 0.2) is 23.8 Å². The number of hydrogen-bond donors (Lipinski definition) is 1. The highest BCUT2D eigenvalue weighted by atomic mass is 32.2. The van der Waals surface area contributed by atoms with E-state index in [0.29, 0.717) is 28.9 Å². The minimum atomic E-state index is -4.53. The number of nitrogens with one attached hydrogen (secondary N) is 1. The number of carbonyl (C=O) groups is 1. The van der Waals surface area contributed by atoms with Gasteiger partial charge in [0, 0.05) is 13.0 Å². The van der Waals surface area contributed by atoms with Crippen LogP contribution in [0.2, 0.25) is 0 Å². The maximum atomic E-state index is 13.8. The second kappa shape index (κ2) is 11.6. The molecular formula is C25H28F3N9OS. The molecule has 10 nitrogen and oxygen atoms in total. The monoisotopic (exact) mass is 559 g/mol. The van der Waals surface area contributed by atoms with Crippen molar-refractivity contribution in [2.45, 2.75) is 63.3 Å². The number of aldehydes is 1. The van der Waals surface area contributed by atoms with Gasteiger partial charge in [0.1, 0.15) is 23.1 Å². The van der Waals surface area contributed by atoms with Gasteiger partial charge in [-0.1, -0.05) is 0 Å². The number of halogens is 3. The molecule has 1 saturated carbocycles. The van der Waals surface area contributed by atoms with Crippen molar-refractivity contribution in [1.82, 2.24) is 35.2 Å². The number of amidine groups is 1. The molecule has 1 atom stereocenters. The first-order valence-electron chi connectivity index (χ1n) is 12.2. The van der Waals surface area contributed by atoms with Crippen molar-refractivity contribution in [3.63, 3.8) is 0 Å². The van der Waals surface area contributed by atoms with Crippen LogP contribution in [-0.4, -0.2) is 67.5 Å². The van der Waals surface area contributed by atoms with Crippen LogP contribution >= 0.6 is 11.8 Å². The van der Waals surface area contributed by atoms with Crippen LogP contribution in [0.1, 0.15) is 48.5 Å². The third-order valence-electron chi connectivity index (χ3n) is 6.37. The van der Waals surface area contributed by atoms with E-state index in [0.717, 1.165) is 35.4 Å². The van der Waals surface area contributed by atoms with Gasteiger partial charge in [0.2, 0.25) is 0 Å². The number of aliphatic imine (C=N–C) groups is 1. The third-order valence-corrected chi connectivity index (χ3v) is 7.00. The van der Waals surface area contributed by atoms with Gasteiger partial charge in [-0.15, -0.1) is 11.8 Å². The first-order chi connectivity index (χ1) is 18.5. The van der Waals surface area contributed by atoms with Gasteiger partial charge >= 0.3 is 6.18 Å². The zero-order chi connectivity index (χ0) is 28.3. The van der Waals surface area contributed by atoms with E-state index < -0.39 is 12.2 Å². The summed E-state index contributed by atoms with van der Waals surface area (Å²) in [6.45, 7) is 4.57. The Balaban J connectivity index is 1.78. The summed E-state index contributed by atoms with van der Waals surface area (Å²) >= 11 is 1.44. The van der Waals surface area contributed by atoms with Crippen LogP contribution in [0.3, 0.4) is 0 Å². The summed E-state index contributed by atoms with van der Waals surface area (Å²) in [5, 5.41) is 3.61. The fraction of sp³-hybridized carbons (Fsp3) is 0.440. The first kappa shape index (κ1) is 28.3. The van der Waals surface area contributed by atoms with Crippen molar-refractivity contribution in [3.05, 3.63) is 41.5 Å². The highest BCUT2D eigenvalue weighted by molar-refractivity contribution is 7.98. The van der Waals surface area contributed by atoms with Crippen LogP contribution in [0, 0.1) is 13.8 Å². The number of nitrogens with zero attached hydrogens (tertiary/aromatic N) is 8. The lowest BCUT2D eigenvalue weighted by Crippen LogP contribution is -2.41. The number of carbonyl (C=O) groups excluding carboxylic acids is 1. The molecule has 3 heterocycles. The Morgan fingerprint density at radius 1 is 1.18 bits per heavy atom. The normalized spacial score (nSPS) is 14.7. The molecule has 14 heteroatoms. The van der Waals surface area contributed by atoms with Crippen LogP contribution in [0.4, 0.5) is 24.7 Å². The van der Waals surface area contributed by atoms with Gasteiger partial charge in [-0.25, -0.2) is 29.9 Å². The Kier molecular flexibility index (Phi) is 8.42. The Bertz CT molecular complexity index is 1380. The highest BCUT2D eigenvalue weighted by Crippen LogP contribution is 2.44. The van der Waals surface area contributed by atoms with Crippen molar-refractivity contribution in [2.75, 3.05) is 18.2 Å². The van der Waals surface area contributed by atoms with Crippen molar-refractivity contribution < 1.29 is 18.0 Å². The number of aryl methyl sites for hydroxylation is 2. The summed E-state index contributed by atoms with van der Waals surface area (Å²) < 4.78 is 41.3. The maximum Gasteiger partial charge on any atom is 0.408 e. The number of anilines is 1. The Morgan fingerprint density at radius 2 is 1.92 bits per heavy atom. The van der Waals surface area contributed by atoms with E-state index in [1.807, 2.05) is 6.26 Å². The summed E-state index contributed by atoms with van der Waals surface area (Å²) in [6.07, 6.45) is 4.38. The molecule has 3 aromatic rings. The lowest BCUT2D eigenvalue weighted by Gasteiger charge is -2.29. The van der Waals surface area contributed by atoms with Crippen molar-refractivity contribution in [1.29, 1.82) is 0 Å². The summed E-state index contributed by atoms with van der Waals surface area (Å²) in [5.41, 5.74) is 2.91. The summed E-state index contributed by atoms with van der Waals surface area (Å²) in [7, 11) is 1.29. The van der Waals surface area contributed by atoms with Crippen LogP contribution < -0.4 is 10.2 Å². The average molecular weight is 560 g/mol. The topological polar surface area (TPSA) is 122 Å². The molecule has 3 aromatic heterocycles. The van der Waals surface area contributed by atoms with E-state index in [1.165, 1.54) is 25.1 Å². The molecule has 206 valence electrons. The zero-order valence-corrected chi connectivity index (χ0v) is 22.9. The largest absolute Gasteiger partial charge is 0.408 e. The molecule has 0 spiro atoms. The van der Waals surface area contributed by atoms with E-state index in [2.05, 4.69) is 40.2 Å². The molecule has 1 N–H and O–H groups in total. The predicted molar refractivity (Wildman–Crippen MR) is 142 cm³/mol. The summed E-state index contributed by atoms with van der Waals surface area (Å²) in [5.74, 6) is 0.264. The lowest BCUT2D eigenvalue weighted by atomic mass is 10.1. The molecule has 39 heavy (non-hydrogen) atoms. The summed E-state index contributed by atoms with van der Waals surface area (Å²) in [4.78, 5) is 43.6. The Labute approximate surface area is 228 Å². The van der Waals surface area contributed by atoms with Gasteiger partial charge in [-0.3, -0.25) is 9.78 Å². The third kappa shape index (κ3) is 6.49. The fourth-order valence-electron chi connectivity index (χ4n) is 3.83. The molecular weight excluding hydrogens is 531 g/mol. The lowest BCUT2D eigenvalue weighted by molar-refractivity contribution is -0.144. The standard InChI is InChI=1S/C25H28F3N9OS/c1-13-20(22(16-6-7-16)33-12-32-13)23-34-14(2)21(24(36-23)37(4)15(3)25(26,27)28)35-18(11-38)30-8-17-9-31-19(39-5)10-29-17/h9-12,15-16H,6-8H2,1-5H3,(H,30,35)/t15-/m0/s1. The number of aromatic nitrogens is 6. The van der Waals surface area contributed by atoms with Crippen LogP contribution in [0.5, 0.6) is 0 Å². The van der Waals surface area contributed by atoms with E-state index in [1.54, 1.807) is 26.2 Å². The molecule has 0 aromatic carbocycles. The van der Waals surface area contributed by atoms with Crippen molar-refractivity contribution in [2.24, 2.45) is 4.99 Å². The second-order valence-electron chi connectivity index (χ2n) is 9.15. The van der Waals surface area contributed by atoms with Gasteiger partial charge in [-0.2, -0.15) is 13.2 Å². The zero-order valence-electron chi connectivity index (χ0n) is 22.1. The molecule has 0 radical (unpaired) electrons. The molecule has 0 aliphatic heterocycles. The van der Waals surface area contributed by atoms with Crippen LogP contribution in [0.15, 0.2) is 28.7 Å². The van der Waals surface area contributed by atoms with E-state index in [4.69, 9.17) is 0 Å². The maximum absolute atomic E-state index is 13.8. The SMILES string of the molecule is CSc1cnc(CN/C(C=O)=N/c2c(C)nc(-c3c(C)ncnc3C3CC3)nc2N(C)[C@@H](C)C(F)(F)F)cn1. The van der Waals surface area contributed by atoms with E-state index in [-0.39, 0.29) is 35.6 Å². The van der Waals surface area contributed by atoms with Crippen LogP contribution in [-0.2, 0) is 11.3 Å². The molecule has 0 amide bonds. The molecule has 4 rings (SSSR count). The Hall–Kier alpha value is -3.68. The number of alkyl halides is 3. The first-order valence-corrected chi connectivity index (χ1v) is 13.4. The predicted octanol–water partition coefficient (Wildman–Crippen LogP) is 4.35. The van der Waals surface area contributed by atoms with Gasteiger partial charge in [0.05, 0.1) is 47.3 Å². The van der Waals surface area contributed by atoms with Crippen molar-refractivity contribution in [3.8, 4) is 11.4 Å². The minimum absolute atomic E-state index is 0.0400. The van der Waals surface area contributed by atoms with E-state index in [9.17, 15) is 18.0 Å². The summed E-state index contributed by atoms with van der Waals surface area (Å²) in [6, 6.07) is -1.89. The van der Waals surface area contributed by atoms with Crippen LogP contribution in [0.25, 0.3) is 11.4 Å². The smallest absolute Gasteiger partial charge is 0.362 e. The number of thioether (sulfide) groups is 1. The number of rotatable bonds is 9. The van der Waals surface area contributed by atoms with Crippen molar-refractivity contribution >= 4 is 35.4 Å². The molecule has 0 saturated heterocycles. The number of hydrogen-bond acceptors (Lipinski definition) is 10. The van der Waals surface area contributed by atoms with Gasteiger partial charge in [0.25, 0.3) is 0 Å². The Morgan fingerprint density at radius 3 is 2.51 bits per heavy atom. The minimum Gasteiger partial charge on any atom is -0.362 e. The van der Waals surface area contributed by atoms with E-state index >= 15 is 0 Å². The average Bonchev–Trinajstić information content (AvgIpc) is 3.76. The second-order valence-corrected chi connectivity index (χ2v) is 9.97. The van der Waals surface area contributed by atoms with Gasteiger partial charge in [-0.05, 0) is 39.9 Å². The highest BCUT2D eigenvalue weighted by Gasteiger charge is 2.40. The fourth-order valence-corrected chi connectivity index (χ4v) is 4.14. The molecule has 1 aliphatic carbocycles. The molecule has 1 aliphatic rings. The molecule has 0 unspecified atom stereocenters. The molecule has 1 fully saturated rings.